The number of aryl methyl sites for hydroxylation is 1. The number of thioether (sulfide) groups is 1. The average molecular weight is 410 g/mol. The molecule has 0 bridgehead atoms. The van der Waals surface area contributed by atoms with E-state index in [1.54, 1.807) is 0 Å². The summed E-state index contributed by atoms with van der Waals surface area (Å²) in [7, 11) is 0. The number of hydrogen-bond donors (Lipinski definition) is 2. The van der Waals surface area contributed by atoms with Crippen LogP contribution in [0.4, 0.5) is 0 Å². The van der Waals surface area contributed by atoms with Gasteiger partial charge < -0.3 is 10.3 Å². The molecule has 0 spiro atoms. The van der Waals surface area contributed by atoms with Gasteiger partial charge in [0.15, 0.2) is 5.16 Å². The van der Waals surface area contributed by atoms with Gasteiger partial charge in [0.1, 0.15) is 0 Å². The van der Waals surface area contributed by atoms with Crippen LogP contribution >= 0.6 is 27.7 Å². The third-order valence-electron chi connectivity index (χ3n) is 3.37. The monoisotopic (exact) mass is 409 g/mol. The van der Waals surface area contributed by atoms with Crippen molar-refractivity contribution in [1.29, 1.82) is 0 Å². The summed E-state index contributed by atoms with van der Waals surface area (Å²) in [4.78, 5) is 30.7. The second-order valence-electron chi connectivity index (χ2n) is 5.42. The van der Waals surface area contributed by atoms with Crippen LogP contribution in [0.15, 0.2) is 44.8 Å². The van der Waals surface area contributed by atoms with Crippen molar-refractivity contribution in [3.05, 3.63) is 56.4 Å². The predicted molar refractivity (Wildman–Crippen MR) is 100 cm³/mol. The molecule has 0 fully saturated rings. The second-order valence-corrected chi connectivity index (χ2v) is 7.30. The summed E-state index contributed by atoms with van der Waals surface area (Å²) in [5.74, 6) is 0.110. The molecule has 0 saturated carbocycles. The first-order valence-electron chi connectivity index (χ1n) is 7.75. The van der Waals surface area contributed by atoms with Gasteiger partial charge in [-0.3, -0.25) is 9.59 Å². The van der Waals surface area contributed by atoms with E-state index < -0.39 is 0 Å². The molecule has 24 heavy (non-hydrogen) atoms. The van der Waals surface area contributed by atoms with Gasteiger partial charge in [0.05, 0.1) is 11.8 Å². The highest BCUT2D eigenvalue weighted by molar-refractivity contribution is 9.10. The molecule has 1 aromatic carbocycles. The lowest BCUT2D eigenvalue weighted by Gasteiger charge is -2.14. The number of nitrogens with zero attached hydrogens (tertiary/aromatic N) is 1. The Balaban J connectivity index is 1.91. The van der Waals surface area contributed by atoms with Crippen molar-refractivity contribution in [2.75, 3.05) is 5.75 Å². The zero-order valence-corrected chi connectivity index (χ0v) is 16.0. The van der Waals surface area contributed by atoms with E-state index in [4.69, 9.17) is 0 Å². The van der Waals surface area contributed by atoms with Crippen molar-refractivity contribution in [1.82, 2.24) is 15.3 Å². The first kappa shape index (κ1) is 18.7. The van der Waals surface area contributed by atoms with Crippen molar-refractivity contribution >= 4 is 33.6 Å². The van der Waals surface area contributed by atoms with Crippen LogP contribution in [-0.2, 0) is 11.2 Å². The summed E-state index contributed by atoms with van der Waals surface area (Å²) in [6, 6.07) is 9.25. The van der Waals surface area contributed by atoms with E-state index in [1.165, 1.54) is 17.8 Å². The number of rotatable bonds is 7. The third-order valence-corrected chi connectivity index (χ3v) is 4.77. The van der Waals surface area contributed by atoms with Gasteiger partial charge >= 0.3 is 0 Å². The first-order chi connectivity index (χ1) is 11.5. The Morgan fingerprint density at radius 2 is 2.08 bits per heavy atom. The fourth-order valence-corrected chi connectivity index (χ4v) is 3.16. The van der Waals surface area contributed by atoms with Crippen molar-refractivity contribution in [3.63, 3.8) is 0 Å². The van der Waals surface area contributed by atoms with Crippen molar-refractivity contribution in [3.8, 4) is 0 Å². The summed E-state index contributed by atoms with van der Waals surface area (Å²) >= 11 is 4.63. The Hall–Kier alpha value is -1.60. The van der Waals surface area contributed by atoms with Gasteiger partial charge in [0, 0.05) is 16.2 Å². The number of aromatic amines is 1. The highest BCUT2D eigenvalue weighted by Crippen LogP contribution is 2.17. The van der Waals surface area contributed by atoms with Gasteiger partial charge in [-0.25, -0.2) is 4.98 Å². The average Bonchev–Trinajstić information content (AvgIpc) is 2.53. The third kappa shape index (κ3) is 5.79. The predicted octanol–water partition coefficient (Wildman–Crippen LogP) is 3.45. The molecule has 5 nitrogen and oxygen atoms in total. The molecule has 2 aromatic rings. The van der Waals surface area contributed by atoms with E-state index in [0.29, 0.717) is 5.16 Å². The molecule has 1 aromatic heterocycles. The van der Waals surface area contributed by atoms with Gasteiger partial charge in [-0.2, -0.15) is 0 Å². The van der Waals surface area contributed by atoms with Crippen molar-refractivity contribution in [2.45, 2.75) is 37.9 Å². The molecule has 1 atom stereocenters. The number of carbonyl (C=O) groups is 1. The maximum Gasteiger partial charge on any atom is 0.251 e. The zero-order chi connectivity index (χ0) is 17.5. The standard InChI is InChI=1S/C17H20BrN3O2S/c1-3-4-14-9-15(22)21-17(20-14)24-10-16(23)19-11(2)12-5-7-13(18)8-6-12/h5-9,11H,3-4,10H2,1-2H3,(H,19,23)(H,20,21,22). The van der Waals surface area contributed by atoms with E-state index >= 15 is 0 Å². The summed E-state index contributed by atoms with van der Waals surface area (Å²) in [5.41, 5.74) is 1.61. The van der Waals surface area contributed by atoms with Crippen LogP contribution in [0.25, 0.3) is 0 Å². The quantitative estimate of drug-likeness (QED) is 0.542. The number of halogens is 1. The second kappa shape index (κ2) is 9.03. The van der Waals surface area contributed by atoms with Crippen LogP contribution in [0, 0.1) is 0 Å². The molecule has 128 valence electrons. The topological polar surface area (TPSA) is 74.8 Å². The van der Waals surface area contributed by atoms with E-state index in [0.717, 1.165) is 28.6 Å². The molecule has 0 aliphatic heterocycles. The van der Waals surface area contributed by atoms with Crippen LogP contribution in [0.5, 0.6) is 0 Å². The Morgan fingerprint density at radius 3 is 2.75 bits per heavy atom. The molecule has 1 amide bonds. The lowest BCUT2D eigenvalue weighted by atomic mass is 10.1. The summed E-state index contributed by atoms with van der Waals surface area (Å²) in [5, 5.41) is 3.43. The van der Waals surface area contributed by atoms with Crippen molar-refractivity contribution < 1.29 is 4.79 Å². The number of aromatic nitrogens is 2. The van der Waals surface area contributed by atoms with Gasteiger partial charge in [0.25, 0.3) is 5.56 Å². The lowest BCUT2D eigenvalue weighted by Crippen LogP contribution is -2.28. The van der Waals surface area contributed by atoms with Crippen molar-refractivity contribution in [2.24, 2.45) is 0 Å². The lowest BCUT2D eigenvalue weighted by molar-refractivity contribution is -0.119. The molecule has 2 rings (SSSR count). The molecular formula is C17H20BrN3O2S. The van der Waals surface area contributed by atoms with E-state index in [-0.39, 0.29) is 23.3 Å². The minimum Gasteiger partial charge on any atom is -0.349 e. The number of H-pyrrole nitrogens is 1. The number of hydrogen-bond acceptors (Lipinski definition) is 4. The van der Waals surface area contributed by atoms with Gasteiger partial charge in [-0.1, -0.05) is 53.2 Å². The van der Waals surface area contributed by atoms with Crippen LogP contribution < -0.4 is 10.9 Å². The Bertz CT molecular complexity index is 746. The molecule has 0 aliphatic carbocycles. The Kier molecular flexibility index (Phi) is 7.05. The Labute approximate surface area is 153 Å². The number of amides is 1. The maximum absolute atomic E-state index is 12.1. The molecule has 2 N–H and O–H groups in total. The normalized spacial score (nSPS) is 12.0. The molecule has 1 heterocycles. The van der Waals surface area contributed by atoms with E-state index in [1.807, 2.05) is 38.1 Å². The summed E-state index contributed by atoms with van der Waals surface area (Å²) in [6.45, 7) is 3.97. The molecule has 0 radical (unpaired) electrons. The van der Waals surface area contributed by atoms with Crippen LogP contribution in [0.3, 0.4) is 0 Å². The maximum atomic E-state index is 12.1. The molecular weight excluding hydrogens is 390 g/mol. The van der Waals surface area contributed by atoms with Gasteiger partial charge in [0.2, 0.25) is 5.91 Å². The van der Waals surface area contributed by atoms with Crippen LogP contribution in [-0.4, -0.2) is 21.6 Å². The highest BCUT2D eigenvalue weighted by atomic mass is 79.9. The summed E-state index contributed by atoms with van der Waals surface area (Å²) in [6.07, 6.45) is 1.68. The smallest absolute Gasteiger partial charge is 0.251 e. The Morgan fingerprint density at radius 1 is 1.38 bits per heavy atom. The van der Waals surface area contributed by atoms with E-state index in [2.05, 4.69) is 31.2 Å². The SMILES string of the molecule is CCCc1cc(=O)[nH]c(SCC(=O)NC(C)c2ccc(Br)cc2)n1. The van der Waals surface area contributed by atoms with Gasteiger partial charge in [-0.05, 0) is 31.0 Å². The fraction of sp³-hybridized carbons (Fsp3) is 0.353. The molecule has 7 heteroatoms. The van der Waals surface area contributed by atoms with Crippen LogP contribution in [0.1, 0.15) is 37.6 Å². The first-order valence-corrected chi connectivity index (χ1v) is 9.53. The molecule has 0 saturated heterocycles. The number of benzene rings is 1. The molecule has 0 aliphatic rings. The zero-order valence-electron chi connectivity index (χ0n) is 13.6. The minimum absolute atomic E-state index is 0.0790. The molecule has 1 unspecified atom stereocenters. The van der Waals surface area contributed by atoms with Crippen LogP contribution in [0.2, 0.25) is 0 Å². The van der Waals surface area contributed by atoms with Gasteiger partial charge in [-0.15, -0.1) is 0 Å². The number of carbonyl (C=O) groups excluding carboxylic acids is 1. The largest absolute Gasteiger partial charge is 0.349 e. The number of nitrogens with one attached hydrogen (secondary N) is 2. The fourth-order valence-electron chi connectivity index (χ4n) is 2.19. The summed E-state index contributed by atoms with van der Waals surface area (Å²) < 4.78 is 1.00. The van der Waals surface area contributed by atoms with E-state index in [9.17, 15) is 9.59 Å². The minimum atomic E-state index is -0.181. The highest BCUT2D eigenvalue weighted by Gasteiger charge is 2.11.